The van der Waals surface area contributed by atoms with Crippen LogP contribution in [0.2, 0.25) is 0 Å². The largest absolute Gasteiger partial charge is 0.419 e. The predicted molar refractivity (Wildman–Crippen MR) is 56.6 cm³/mol. The molecule has 1 nitrogen and oxygen atoms in total. The van der Waals surface area contributed by atoms with Crippen molar-refractivity contribution in [3.8, 4) is 0 Å². The van der Waals surface area contributed by atoms with E-state index in [0.717, 1.165) is 12.1 Å². The summed E-state index contributed by atoms with van der Waals surface area (Å²) in [7, 11) is 0. The van der Waals surface area contributed by atoms with Crippen molar-refractivity contribution in [2.24, 2.45) is 0 Å². The molecule has 0 bridgehead atoms. The Morgan fingerprint density at radius 3 is 2.40 bits per heavy atom. The van der Waals surface area contributed by atoms with Gasteiger partial charge in [-0.1, -0.05) is 12.2 Å². The van der Waals surface area contributed by atoms with Crippen molar-refractivity contribution in [1.29, 1.82) is 0 Å². The Labute approximate surface area is 93.9 Å². The summed E-state index contributed by atoms with van der Waals surface area (Å²) in [5, 5.41) is 2.37. The van der Waals surface area contributed by atoms with Crippen LogP contribution in [0.4, 0.5) is 23.2 Å². The summed E-state index contributed by atoms with van der Waals surface area (Å²) < 4.78 is 49.6. The van der Waals surface area contributed by atoms with Crippen LogP contribution in [0.25, 0.3) is 0 Å². The average Bonchev–Trinajstić information content (AvgIpc) is 2.05. The number of anilines is 1. The Kier molecular flexibility index (Phi) is 3.56. The van der Waals surface area contributed by atoms with Crippen molar-refractivity contribution >= 4 is 34.9 Å². The van der Waals surface area contributed by atoms with Gasteiger partial charge in [0.2, 0.25) is 0 Å². The number of rotatable bonds is 1. The second-order valence-corrected chi connectivity index (χ2v) is 3.78. The third kappa shape index (κ3) is 3.35. The molecule has 0 spiro atoms. The molecule has 0 unspecified atom stereocenters. The molecule has 1 rings (SSSR count). The van der Waals surface area contributed by atoms with Crippen molar-refractivity contribution in [2.75, 3.05) is 5.32 Å². The lowest BCUT2D eigenvalue weighted by Gasteiger charge is -2.10. The summed E-state index contributed by atoms with van der Waals surface area (Å²) in [6, 6.07) is 2.50. The maximum atomic E-state index is 12.8. The zero-order chi connectivity index (χ0) is 11.6. The molecule has 0 aliphatic carbocycles. The molecule has 1 N–H and O–H groups in total. The Morgan fingerprint density at radius 2 is 1.93 bits per heavy atom. The van der Waals surface area contributed by atoms with Crippen LogP contribution in [0.3, 0.4) is 0 Å². The zero-order valence-electron chi connectivity index (χ0n) is 7.10. The monoisotopic (exact) mass is 255 g/mol. The second kappa shape index (κ2) is 4.36. The van der Waals surface area contributed by atoms with Crippen LogP contribution in [-0.4, -0.2) is 4.32 Å². The molecule has 0 aliphatic rings. The second-order valence-electron chi connectivity index (χ2n) is 2.62. The Morgan fingerprint density at radius 1 is 1.33 bits per heavy atom. The number of hydrogen-bond donors (Lipinski definition) is 2. The Hall–Kier alpha value is -0.820. The molecule has 0 radical (unpaired) electrons. The highest BCUT2D eigenvalue weighted by Gasteiger charge is 2.34. The fraction of sp³-hybridized carbons (Fsp3) is 0.125. The molecule has 0 saturated heterocycles. The summed E-state index contributed by atoms with van der Waals surface area (Å²) in [6.07, 6.45) is -4.72. The highest BCUT2D eigenvalue weighted by atomic mass is 32.1. The molecule has 15 heavy (non-hydrogen) atoms. The fourth-order valence-corrected chi connectivity index (χ4v) is 1.19. The summed E-state index contributed by atoms with van der Waals surface area (Å²) in [5.74, 6) is -1.32. The molecule has 7 heteroatoms. The summed E-state index contributed by atoms with van der Waals surface area (Å²) >= 11 is 8.21. The van der Waals surface area contributed by atoms with Gasteiger partial charge in [-0.05, 0) is 18.2 Å². The standard InChI is InChI=1S/C8H5F4NS2/c9-6-2-1-4(13-7(14)15)3-5(6)8(10,11)12/h1-3H,(H2,13,14,15). The average molecular weight is 255 g/mol. The van der Waals surface area contributed by atoms with E-state index in [1.165, 1.54) is 0 Å². The van der Waals surface area contributed by atoms with Gasteiger partial charge in [0.1, 0.15) is 10.1 Å². The lowest BCUT2D eigenvalue weighted by Crippen LogP contribution is -2.10. The highest BCUT2D eigenvalue weighted by Crippen LogP contribution is 2.32. The maximum absolute atomic E-state index is 12.8. The minimum Gasteiger partial charge on any atom is -0.341 e. The Bertz CT molecular complexity index is 389. The molecule has 0 heterocycles. The van der Waals surface area contributed by atoms with Gasteiger partial charge in [-0.25, -0.2) is 4.39 Å². The summed E-state index contributed by atoms with van der Waals surface area (Å²) in [5.41, 5.74) is -1.29. The maximum Gasteiger partial charge on any atom is 0.419 e. The smallest absolute Gasteiger partial charge is 0.341 e. The molecule has 0 aromatic heterocycles. The SMILES string of the molecule is Fc1ccc(NC(=S)S)cc1C(F)(F)F. The van der Waals surface area contributed by atoms with Crippen molar-refractivity contribution < 1.29 is 17.6 Å². The quantitative estimate of drug-likeness (QED) is 0.453. The van der Waals surface area contributed by atoms with Gasteiger partial charge in [0, 0.05) is 5.69 Å². The first-order valence-electron chi connectivity index (χ1n) is 3.67. The molecule has 0 fully saturated rings. The van der Waals surface area contributed by atoms with Gasteiger partial charge >= 0.3 is 6.18 Å². The van der Waals surface area contributed by atoms with Crippen molar-refractivity contribution in [1.82, 2.24) is 0 Å². The third-order valence-electron chi connectivity index (χ3n) is 1.52. The van der Waals surface area contributed by atoms with E-state index >= 15 is 0 Å². The van der Waals surface area contributed by atoms with Gasteiger partial charge in [-0.2, -0.15) is 13.2 Å². The first kappa shape index (κ1) is 12.3. The lowest BCUT2D eigenvalue weighted by molar-refractivity contribution is -0.139. The van der Waals surface area contributed by atoms with Gasteiger partial charge in [-0.3, -0.25) is 0 Å². The first-order valence-corrected chi connectivity index (χ1v) is 4.53. The number of thiol groups is 1. The van der Waals surface area contributed by atoms with E-state index in [9.17, 15) is 17.6 Å². The van der Waals surface area contributed by atoms with Crippen LogP contribution in [0, 0.1) is 5.82 Å². The topological polar surface area (TPSA) is 12.0 Å². The van der Waals surface area contributed by atoms with E-state index < -0.39 is 17.6 Å². The van der Waals surface area contributed by atoms with Crippen LogP contribution in [0.15, 0.2) is 18.2 Å². The number of alkyl halides is 3. The highest BCUT2D eigenvalue weighted by molar-refractivity contribution is 8.11. The first-order chi connectivity index (χ1) is 6.80. The van der Waals surface area contributed by atoms with E-state index in [-0.39, 0.29) is 10.0 Å². The predicted octanol–water partition coefficient (Wildman–Crippen LogP) is 3.47. The molecule has 1 aromatic carbocycles. The van der Waals surface area contributed by atoms with Crippen LogP contribution < -0.4 is 5.32 Å². The van der Waals surface area contributed by atoms with E-state index in [2.05, 4.69) is 30.2 Å². The minimum atomic E-state index is -4.72. The minimum absolute atomic E-state index is 0.00901. The van der Waals surface area contributed by atoms with Crippen molar-refractivity contribution in [2.45, 2.75) is 6.18 Å². The fourth-order valence-electron chi connectivity index (χ4n) is 0.944. The van der Waals surface area contributed by atoms with E-state index in [4.69, 9.17) is 0 Å². The zero-order valence-corrected chi connectivity index (χ0v) is 8.81. The van der Waals surface area contributed by atoms with Crippen molar-refractivity contribution in [3.05, 3.63) is 29.6 Å². The molecular weight excluding hydrogens is 250 g/mol. The van der Waals surface area contributed by atoms with Crippen LogP contribution in [0.1, 0.15) is 5.56 Å². The number of benzene rings is 1. The van der Waals surface area contributed by atoms with Gasteiger partial charge < -0.3 is 5.32 Å². The molecule has 0 atom stereocenters. The normalized spacial score (nSPS) is 11.3. The number of thiocarbonyl (C=S) groups is 1. The molecule has 82 valence electrons. The van der Waals surface area contributed by atoms with E-state index in [1.54, 1.807) is 0 Å². The van der Waals surface area contributed by atoms with Crippen LogP contribution in [0.5, 0.6) is 0 Å². The van der Waals surface area contributed by atoms with E-state index in [1.807, 2.05) is 0 Å². The van der Waals surface area contributed by atoms with Crippen LogP contribution >= 0.6 is 24.8 Å². The van der Waals surface area contributed by atoms with Crippen LogP contribution in [-0.2, 0) is 6.18 Å². The molecule has 1 aromatic rings. The summed E-state index contributed by atoms with van der Waals surface area (Å²) in [4.78, 5) is 0. The molecular formula is C8H5F4NS2. The van der Waals surface area contributed by atoms with Gasteiger partial charge in [-0.15, -0.1) is 12.6 Å². The molecule has 0 aliphatic heterocycles. The van der Waals surface area contributed by atoms with Crippen molar-refractivity contribution in [3.63, 3.8) is 0 Å². The molecule has 0 amide bonds. The third-order valence-corrected chi connectivity index (χ3v) is 1.74. The Balaban J connectivity index is 3.11. The number of halogens is 4. The van der Waals surface area contributed by atoms with Gasteiger partial charge in [0.25, 0.3) is 0 Å². The lowest BCUT2D eigenvalue weighted by atomic mass is 10.2. The number of hydrogen-bond acceptors (Lipinski definition) is 1. The van der Waals surface area contributed by atoms with E-state index in [0.29, 0.717) is 6.07 Å². The number of nitrogens with one attached hydrogen (secondary N) is 1. The molecule has 0 saturated carbocycles. The van der Waals surface area contributed by atoms with Gasteiger partial charge in [0.15, 0.2) is 0 Å². The van der Waals surface area contributed by atoms with Gasteiger partial charge in [0.05, 0.1) is 5.56 Å². The summed E-state index contributed by atoms with van der Waals surface area (Å²) in [6.45, 7) is 0.